The Bertz CT molecular complexity index is 1130. The van der Waals surface area contributed by atoms with Crippen molar-refractivity contribution in [3.63, 3.8) is 0 Å². The van der Waals surface area contributed by atoms with Crippen LogP contribution in [0.25, 0.3) is 0 Å². The maximum absolute atomic E-state index is 13.4. The molecule has 0 heterocycles. The van der Waals surface area contributed by atoms with E-state index in [0.717, 1.165) is 22.3 Å². The van der Waals surface area contributed by atoms with Crippen molar-refractivity contribution < 1.29 is 19.6 Å². The molecule has 0 radical (unpaired) electrons. The summed E-state index contributed by atoms with van der Waals surface area (Å²) in [5, 5.41) is 11.6. The molecule has 3 aromatic rings. The van der Waals surface area contributed by atoms with Gasteiger partial charge in [0.1, 0.15) is 6.54 Å². The van der Waals surface area contributed by atoms with E-state index < -0.39 is 5.91 Å². The summed E-state index contributed by atoms with van der Waals surface area (Å²) in [4.78, 5) is 39.2. The molecule has 170 valence electrons. The summed E-state index contributed by atoms with van der Waals surface area (Å²) in [6, 6.07) is 19.5. The molecule has 0 aromatic heterocycles. The van der Waals surface area contributed by atoms with Crippen LogP contribution in [0.3, 0.4) is 0 Å². The van der Waals surface area contributed by atoms with Crippen LogP contribution in [0.4, 0.5) is 5.69 Å². The predicted octanol–water partition coefficient (Wildman–Crippen LogP) is 4.01. The van der Waals surface area contributed by atoms with E-state index in [0.29, 0.717) is 11.3 Å². The fraction of sp³-hybridized carbons (Fsp3) is 0.192. The van der Waals surface area contributed by atoms with Crippen LogP contribution in [0.1, 0.15) is 43.0 Å². The Morgan fingerprint density at radius 1 is 0.788 bits per heavy atom. The number of amides is 3. The average molecular weight is 446 g/mol. The first-order chi connectivity index (χ1) is 15.7. The van der Waals surface area contributed by atoms with Gasteiger partial charge in [0, 0.05) is 23.4 Å². The van der Waals surface area contributed by atoms with Crippen LogP contribution in [0.15, 0.2) is 66.7 Å². The van der Waals surface area contributed by atoms with E-state index in [1.807, 2.05) is 51.1 Å². The smallest absolute Gasteiger partial charge is 0.274 e. The molecular formula is C26H27N3O4. The van der Waals surface area contributed by atoms with Crippen molar-refractivity contribution in [3.05, 3.63) is 100 Å². The highest BCUT2D eigenvalue weighted by atomic mass is 16.5. The molecule has 0 spiro atoms. The van der Waals surface area contributed by atoms with E-state index in [1.54, 1.807) is 41.9 Å². The van der Waals surface area contributed by atoms with Crippen LogP contribution >= 0.6 is 0 Å². The highest BCUT2D eigenvalue weighted by Gasteiger charge is 2.20. The molecule has 0 bridgehead atoms. The minimum absolute atomic E-state index is 0.140. The number of aryl methyl sites for hydroxylation is 3. The van der Waals surface area contributed by atoms with E-state index in [2.05, 4.69) is 5.32 Å². The quantitative estimate of drug-likeness (QED) is 0.378. The third-order valence-corrected chi connectivity index (χ3v) is 5.12. The lowest BCUT2D eigenvalue weighted by Crippen LogP contribution is -2.37. The van der Waals surface area contributed by atoms with Gasteiger partial charge in [-0.2, -0.15) is 0 Å². The summed E-state index contributed by atoms with van der Waals surface area (Å²) in [6.45, 7) is 5.84. The fourth-order valence-corrected chi connectivity index (χ4v) is 3.54. The number of rotatable bonds is 7. The van der Waals surface area contributed by atoms with Gasteiger partial charge < -0.3 is 10.2 Å². The molecule has 3 rings (SSSR count). The topological polar surface area (TPSA) is 98.7 Å². The maximum atomic E-state index is 13.4. The maximum Gasteiger partial charge on any atom is 0.274 e. The Kier molecular flexibility index (Phi) is 7.58. The number of hydroxylamine groups is 1. The van der Waals surface area contributed by atoms with E-state index >= 15 is 0 Å². The molecule has 3 amide bonds. The SMILES string of the molecule is Cc1ccc(NC(=O)CN(Cc2ccc(C(=O)NO)cc2)C(=O)c2cc(C)cc(C)c2)cc1. The Labute approximate surface area is 193 Å². The zero-order valence-corrected chi connectivity index (χ0v) is 18.9. The number of benzene rings is 3. The molecule has 0 saturated carbocycles. The Hall–Kier alpha value is -3.97. The van der Waals surface area contributed by atoms with Crippen LogP contribution in [0, 0.1) is 20.8 Å². The van der Waals surface area contributed by atoms with Gasteiger partial charge in [-0.25, -0.2) is 5.48 Å². The van der Waals surface area contributed by atoms with E-state index in [9.17, 15) is 14.4 Å². The average Bonchev–Trinajstić information content (AvgIpc) is 2.79. The molecule has 0 unspecified atom stereocenters. The minimum atomic E-state index is -0.623. The summed E-state index contributed by atoms with van der Waals surface area (Å²) < 4.78 is 0. The molecule has 0 aliphatic carbocycles. The van der Waals surface area contributed by atoms with Crippen molar-refractivity contribution in [1.29, 1.82) is 0 Å². The zero-order valence-electron chi connectivity index (χ0n) is 18.9. The summed E-state index contributed by atoms with van der Waals surface area (Å²) in [5.74, 6) is -1.20. The molecule has 7 nitrogen and oxygen atoms in total. The Morgan fingerprint density at radius 3 is 1.97 bits per heavy atom. The first-order valence-corrected chi connectivity index (χ1v) is 10.5. The normalized spacial score (nSPS) is 10.4. The fourth-order valence-electron chi connectivity index (χ4n) is 3.54. The minimum Gasteiger partial charge on any atom is -0.325 e. The highest BCUT2D eigenvalue weighted by molar-refractivity contribution is 5.99. The predicted molar refractivity (Wildman–Crippen MR) is 126 cm³/mol. The molecule has 0 fully saturated rings. The number of nitrogens with zero attached hydrogens (tertiary/aromatic N) is 1. The van der Waals surface area contributed by atoms with Crippen molar-refractivity contribution in [2.24, 2.45) is 0 Å². The number of carbonyl (C=O) groups is 3. The van der Waals surface area contributed by atoms with Gasteiger partial charge in [-0.1, -0.05) is 47.0 Å². The molecule has 0 saturated heterocycles. The van der Waals surface area contributed by atoms with Gasteiger partial charge in [0.05, 0.1) is 0 Å². The van der Waals surface area contributed by atoms with Crippen LogP contribution in [0.5, 0.6) is 0 Å². The lowest BCUT2D eigenvalue weighted by molar-refractivity contribution is -0.117. The number of hydrogen-bond acceptors (Lipinski definition) is 4. The van der Waals surface area contributed by atoms with Crippen LogP contribution in [0.2, 0.25) is 0 Å². The summed E-state index contributed by atoms with van der Waals surface area (Å²) >= 11 is 0. The van der Waals surface area contributed by atoms with Crippen molar-refractivity contribution in [2.45, 2.75) is 27.3 Å². The zero-order chi connectivity index (χ0) is 24.0. The van der Waals surface area contributed by atoms with Gasteiger partial charge in [0.25, 0.3) is 11.8 Å². The van der Waals surface area contributed by atoms with E-state index in [-0.39, 0.29) is 30.5 Å². The third-order valence-electron chi connectivity index (χ3n) is 5.12. The highest BCUT2D eigenvalue weighted by Crippen LogP contribution is 2.16. The number of carbonyl (C=O) groups excluding carboxylic acids is 3. The van der Waals surface area contributed by atoms with Gasteiger partial charge in [0.15, 0.2) is 0 Å². The molecule has 0 atom stereocenters. The van der Waals surface area contributed by atoms with Crippen LogP contribution in [-0.2, 0) is 11.3 Å². The molecule has 3 N–H and O–H groups in total. The molecule has 0 aliphatic rings. The lowest BCUT2D eigenvalue weighted by atomic mass is 10.1. The van der Waals surface area contributed by atoms with Crippen LogP contribution in [-0.4, -0.2) is 34.4 Å². The number of nitrogens with one attached hydrogen (secondary N) is 2. The monoisotopic (exact) mass is 445 g/mol. The Morgan fingerprint density at radius 2 is 1.39 bits per heavy atom. The third kappa shape index (κ3) is 6.51. The molecule has 7 heteroatoms. The van der Waals surface area contributed by atoms with Crippen molar-refractivity contribution in [2.75, 3.05) is 11.9 Å². The second kappa shape index (κ2) is 10.6. The number of anilines is 1. The standard InChI is InChI=1S/C26H27N3O4/c1-17-4-10-23(11-5-17)27-24(30)16-29(26(32)22-13-18(2)12-19(3)14-22)15-20-6-8-21(9-7-20)25(31)28-33/h4-14,33H,15-16H2,1-3H3,(H,27,30)(H,28,31). The van der Waals surface area contributed by atoms with Gasteiger partial charge >= 0.3 is 0 Å². The van der Waals surface area contributed by atoms with E-state index in [1.165, 1.54) is 4.90 Å². The second-order valence-corrected chi connectivity index (χ2v) is 8.09. The summed E-state index contributed by atoms with van der Waals surface area (Å²) in [5.41, 5.74) is 6.78. The van der Waals surface area contributed by atoms with Gasteiger partial charge in [-0.3, -0.25) is 19.6 Å². The molecule has 0 aliphatic heterocycles. The van der Waals surface area contributed by atoms with Crippen molar-refractivity contribution >= 4 is 23.4 Å². The first-order valence-electron chi connectivity index (χ1n) is 10.5. The lowest BCUT2D eigenvalue weighted by Gasteiger charge is -2.23. The molecule has 3 aromatic carbocycles. The first kappa shape index (κ1) is 23.7. The molecular weight excluding hydrogens is 418 g/mol. The van der Waals surface area contributed by atoms with Crippen LogP contribution < -0.4 is 10.8 Å². The largest absolute Gasteiger partial charge is 0.325 e. The van der Waals surface area contributed by atoms with E-state index in [4.69, 9.17) is 5.21 Å². The summed E-state index contributed by atoms with van der Waals surface area (Å²) in [6.07, 6.45) is 0. The van der Waals surface area contributed by atoms with Crippen molar-refractivity contribution in [3.8, 4) is 0 Å². The second-order valence-electron chi connectivity index (χ2n) is 8.09. The molecule has 33 heavy (non-hydrogen) atoms. The van der Waals surface area contributed by atoms with Crippen molar-refractivity contribution in [1.82, 2.24) is 10.4 Å². The summed E-state index contributed by atoms with van der Waals surface area (Å²) in [7, 11) is 0. The van der Waals surface area contributed by atoms with Gasteiger partial charge in [-0.05, 0) is 62.7 Å². The number of hydrogen-bond donors (Lipinski definition) is 3. The van der Waals surface area contributed by atoms with Gasteiger partial charge in [0.2, 0.25) is 5.91 Å². The van der Waals surface area contributed by atoms with Gasteiger partial charge in [-0.15, -0.1) is 0 Å². The Balaban J connectivity index is 1.83.